The molecule has 6 nitrogen and oxygen atoms in total. The number of hydrogen-bond acceptors (Lipinski definition) is 4. The van der Waals surface area contributed by atoms with Gasteiger partial charge in [-0.25, -0.2) is 13.8 Å². The maximum atomic E-state index is 13.4. The normalized spacial score (nSPS) is 15.3. The number of benzene rings is 3. The van der Waals surface area contributed by atoms with Gasteiger partial charge in [0, 0.05) is 16.6 Å². The molecule has 0 bridgehead atoms. The zero-order chi connectivity index (χ0) is 23.3. The standard InChI is InChI=1S/C25H26ClN3O3S/c26-21-13-15-23(16-14-21)33(31,32)29(22-10-2-1-3-11-22)18-25(30)28-27-17-20-9-6-8-19-7-4-5-12-24(19)20/h4-9,12-17,22H,1-3,10-11,18H2,(H,28,30)/b27-17-. The molecule has 0 atom stereocenters. The van der Waals surface area contributed by atoms with Crippen molar-refractivity contribution in [2.75, 3.05) is 6.54 Å². The molecule has 1 aliphatic carbocycles. The molecule has 1 fully saturated rings. The van der Waals surface area contributed by atoms with Crippen LogP contribution in [0.25, 0.3) is 10.8 Å². The van der Waals surface area contributed by atoms with Gasteiger partial charge in [0.2, 0.25) is 10.0 Å². The molecule has 33 heavy (non-hydrogen) atoms. The van der Waals surface area contributed by atoms with E-state index in [1.54, 1.807) is 18.3 Å². The third kappa shape index (κ3) is 5.61. The van der Waals surface area contributed by atoms with E-state index in [4.69, 9.17) is 11.6 Å². The fourth-order valence-electron chi connectivity index (χ4n) is 4.24. The van der Waals surface area contributed by atoms with Crippen molar-refractivity contribution >= 4 is 44.5 Å². The Hall–Kier alpha value is -2.74. The van der Waals surface area contributed by atoms with Crippen LogP contribution in [-0.2, 0) is 14.8 Å². The van der Waals surface area contributed by atoms with Crippen molar-refractivity contribution < 1.29 is 13.2 Å². The number of amides is 1. The van der Waals surface area contributed by atoms with Crippen LogP contribution in [-0.4, -0.2) is 37.4 Å². The lowest BCUT2D eigenvalue weighted by Gasteiger charge is -2.32. The van der Waals surface area contributed by atoms with E-state index in [-0.39, 0.29) is 17.5 Å². The second-order valence-electron chi connectivity index (χ2n) is 8.16. The van der Waals surface area contributed by atoms with Gasteiger partial charge in [-0.3, -0.25) is 4.79 Å². The molecule has 3 aromatic carbocycles. The zero-order valence-corrected chi connectivity index (χ0v) is 19.7. The largest absolute Gasteiger partial charge is 0.272 e. The van der Waals surface area contributed by atoms with Gasteiger partial charge < -0.3 is 0 Å². The van der Waals surface area contributed by atoms with Gasteiger partial charge in [-0.15, -0.1) is 0 Å². The Morgan fingerprint density at radius 3 is 2.45 bits per heavy atom. The van der Waals surface area contributed by atoms with Crippen LogP contribution in [0, 0.1) is 0 Å². The minimum atomic E-state index is -3.86. The van der Waals surface area contributed by atoms with E-state index in [9.17, 15) is 13.2 Å². The molecule has 0 aliphatic heterocycles. The van der Waals surface area contributed by atoms with Crippen LogP contribution in [0.1, 0.15) is 37.7 Å². The Morgan fingerprint density at radius 2 is 1.70 bits per heavy atom. The number of nitrogens with one attached hydrogen (secondary N) is 1. The number of hydrogen-bond donors (Lipinski definition) is 1. The summed E-state index contributed by atoms with van der Waals surface area (Å²) in [5.74, 6) is -0.477. The number of carbonyl (C=O) groups is 1. The summed E-state index contributed by atoms with van der Waals surface area (Å²) in [6.45, 7) is -0.289. The predicted octanol–water partition coefficient (Wildman–Crippen LogP) is 4.97. The van der Waals surface area contributed by atoms with Gasteiger partial charge in [0.1, 0.15) is 0 Å². The van der Waals surface area contributed by atoms with Crippen molar-refractivity contribution in [3.05, 3.63) is 77.3 Å². The topological polar surface area (TPSA) is 78.8 Å². The highest BCUT2D eigenvalue weighted by Gasteiger charge is 2.33. The molecule has 0 spiro atoms. The summed E-state index contributed by atoms with van der Waals surface area (Å²) in [4.78, 5) is 12.9. The van der Waals surface area contributed by atoms with E-state index < -0.39 is 15.9 Å². The van der Waals surface area contributed by atoms with E-state index in [0.717, 1.165) is 48.4 Å². The molecular weight excluding hydrogens is 458 g/mol. The summed E-state index contributed by atoms with van der Waals surface area (Å²) in [7, 11) is -3.86. The van der Waals surface area contributed by atoms with Gasteiger partial charge >= 0.3 is 0 Å². The van der Waals surface area contributed by atoms with E-state index in [0.29, 0.717) is 5.02 Å². The van der Waals surface area contributed by atoms with Crippen molar-refractivity contribution in [1.29, 1.82) is 0 Å². The van der Waals surface area contributed by atoms with Gasteiger partial charge in [0.25, 0.3) is 5.91 Å². The maximum absolute atomic E-state index is 13.4. The highest BCUT2D eigenvalue weighted by atomic mass is 35.5. The van der Waals surface area contributed by atoms with E-state index >= 15 is 0 Å². The molecular formula is C25H26ClN3O3S. The van der Waals surface area contributed by atoms with Crippen molar-refractivity contribution in [3.8, 4) is 0 Å². The second kappa shape index (κ2) is 10.5. The lowest BCUT2D eigenvalue weighted by atomic mass is 9.95. The van der Waals surface area contributed by atoms with Crippen molar-refractivity contribution in [2.45, 2.75) is 43.0 Å². The molecule has 8 heteroatoms. The number of nitrogens with zero attached hydrogens (tertiary/aromatic N) is 2. The predicted molar refractivity (Wildman–Crippen MR) is 132 cm³/mol. The fourth-order valence-corrected chi connectivity index (χ4v) is 6.00. The third-order valence-corrected chi connectivity index (χ3v) is 8.08. The summed E-state index contributed by atoms with van der Waals surface area (Å²) >= 11 is 5.93. The number of fused-ring (bicyclic) bond motifs is 1. The molecule has 3 aromatic rings. The van der Waals surface area contributed by atoms with Crippen molar-refractivity contribution in [3.63, 3.8) is 0 Å². The Bertz CT molecular complexity index is 1250. The van der Waals surface area contributed by atoms with Crippen LogP contribution in [0.15, 0.2) is 76.7 Å². The van der Waals surface area contributed by atoms with Gasteiger partial charge in [0.05, 0.1) is 17.7 Å². The van der Waals surface area contributed by atoms with Crippen LogP contribution < -0.4 is 5.43 Å². The summed E-state index contributed by atoms with van der Waals surface area (Å²) < 4.78 is 28.1. The van der Waals surface area contributed by atoms with Crippen LogP contribution in [0.4, 0.5) is 0 Å². The number of sulfonamides is 1. The summed E-state index contributed by atoms with van der Waals surface area (Å²) in [6.07, 6.45) is 6.01. The first kappa shape index (κ1) is 23.4. The average molecular weight is 484 g/mol. The summed E-state index contributed by atoms with van der Waals surface area (Å²) in [5, 5.41) is 6.64. The molecule has 0 aromatic heterocycles. The Morgan fingerprint density at radius 1 is 1.00 bits per heavy atom. The summed E-state index contributed by atoms with van der Waals surface area (Å²) in [5.41, 5.74) is 3.37. The minimum absolute atomic E-state index is 0.129. The Labute approximate surface area is 199 Å². The van der Waals surface area contributed by atoms with Crippen molar-refractivity contribution in [2.24, 2.45) is 5.10 Å². The van der Waals surface area contributed by atoms with Crippen LogP contribution in [0.5, 0.6) is 0 Å². The molecule has 0 radical (unpaired) electrons. The molecule has 0 saturated heterocycles. The summed E-state index contributed by atoms with van der Waals surface area (Å²) in [6, 6.07) is 19.6. The smallest absolute Gasteiger partial charge is 0.255 e. The average Bonchev–Trinajstić information content (AvgIpc) is 2.83. The zero-order valence-electron chi connectivity index (χ0n) is 18.2. The first-order valence-electron chi connectivity index (χ1n) is 11.0. The van der Waals surface area contributed by atoms with E-state index in [1.165, 1.54) is 16.4 Å². The first-order chi connectivity index (χ1) is 15.9. The fraction of sp³-hybridized carbons (Fsp3) is 0.280. The minimum Gasteiger partial charge on any atom is -0.272 e. The van der Waals surface area contributed by atoms with Gasteiger partial charge in [-0.1, -0.05) is 73.3 Å². The molecule has 1 aliphatic rings. The molecule has 0 heterocycles. The number of halogens is 1. The van der Waals surface area contributed by atoms with Crippen LogP contribution in [0.3, 0.4) is 0 Å². The molecule has 0 unspecified atom stereocenters. The molecule has 4 rings (SSSR count). The van der Waals surface area contributed by atoms with Crippen LogP contribution >= 0.6 is 11.6 Å². The van der Waals surface area contributed by atoms with Gasteiger partial charge in [0.15, 0.2) is 0 Å². The van der Waals surface area contributed by atoms with Crippen LogP contribution in [0.2, 0.25) is 5.02 Å². The van der Waals surface area contributed by atoms with E-state index in [2.05, 4.69) is 10.5 Å². The second-order valence-corrected chi connectivity index (χ2v) is 10.5. The number of hydrazone groups is 1. The monoisotopic (exact) mass is 483 g/mol. The quantitative estimate of drug-likeness (QED) is 0.380. The SMILES string of the molecule is O=C(CN(C1CCCCC1)S(=O)(=O)c1ccc(Cl)cc1)N/N=C\c1cccc2ccccc12. The highest BCUT2D eigenvalue weighted by Crippen LogP contribution is 2.28. The van der Waals surface area contributed by atoms with Gasteiger partial charge in [-0.2, -0.15) is 9.41 Å². The first-order valence-corrected chi connectivity index (χ1v) is 12.8. The third-order valence-electron chi connectivity index (χ3n) is 5.92. The lowest BCUT2D eigenvalue weighted by molar-refractivity contribution is -0.121. The Balaban J connectivity index is 1.51. The molecule has 1 N–H and O–H groups in total. The van der Waals surface area contributed by atoms with Gasteiger partial charge in [-0.05, 0) is 47.9 Å². The molecule has 1 saturated carbocycles. The molecule has 1 amide bonds. The lowest BCUT2D eigenvalue weighted by Crippen LogP contribution is -2.46. The highest BCUT2D eigenvalue weighted by molar-refractivity contribution is 7.89. The van der Waals surface area contributed by atoms with Crippen molar-refractivity contribution in [1.82, 2.24) is 9.73 Å². The number of rotatable bonds is 7. The number of carbonyl (C=O) groups excluding carboxylic acids is 1. The Kier molecular flexibility index (Phi) is 7.42. The maximum Gasteiger partial charge on any atom is 0.255 e. The van der Waals surface area contributed by atoms with E-state index in [1.807, 2.05) is 42.5 Å². The molecule has 172 valence electrons.